The van der Waals surface area contributed by atoms with Crippen molar-refractivity contribution in [1.29, 1.82) is 0 Å². The molecule has 0 fully saturated rings. The number of carbonyl (C=O) groups is 1. The third-order valence-electron chi connectivity index (χ3n) is 1.15. The molecule has 0 radical (unpaired) electrons. The van der Waals surface area contributed by atoms with Crippen LogP contribution in [0.15, 0.2) is 12.2 Å². The van der Waals surface area contributed by atoms with Crippen LogP contribution in [0.4, 0.5) is 13.2 Å². The number of rotatable bonds is 4. The van der Waals surface area contributed by atoms with E-state index in [-0.39, 0.29) is 5.57 Å². The molecule has 0 unspecified atom stereocenters. The van der Waals surface area contributed by atoms with Crippen molar-refractivity contribution in [3.05, 3.63) is 12.2 Å². The number of esters is 1. The summed E-state index contributed by atoms with van der Waals surface area (Å²) in [5.74, 6) is -5.23. The monoisotopic (exact) mass is 250 g/mol. The number of hydrogen-bond donors (Lipinski definition) is 0. The normalized spacial score (nSPS) is 12.4. The molecule has 0 amide bonds. The largest absolute Gasteiger partial charge is 0.456 e. The molecule has 0 rings (SSSR count). The smallest absolute Gasteiger partial charge is 0.342 e. The predicted octanol–water partition coefficient (Wildman–Crippen LogP) is 2.84. The molecule has 0 heterocycles. The van der Waals surface area contributed by atoms with Gasteiger partial charge in [0.1, 0.15) is 0 Å². The van der Waals surface area contributed by atoms with E-state index in [0.717, 1.165) is 0 Å². The summed E-state index contributed by atoms with van der Waals surface area (Å²) < 4.78 is 37.8. The van der Waals surface area contributed by atoms with Crippen molar-refractivity contribution in [2.75, 3.05) is 6.61 Å². The van der Waals surface area contributed by atoms with Gasteiger partial charge in [-0.2, -0.15) is 8.78 Å². The Morgan fingerprint density at radius 3 is 2.14 bits per heavy atom. The number of halogens is 5. The molecule has 0 aromatic carbocycles. The molecule has 14 heavy (non-hydrogen) atoms. The molecule has 0 saturated carbocycles. The van der Waals surface area contributed by atoms with E-state index in [1.807, 2.05) is 0 Å². The van der Waals surface area contributed by atoms with Gasteiger partial charge in [-0.3, -0.25) is 0 Å². The summed E-state index contributed by atoms with van der Waals surface area (Å²) in [5, 5.41) is 0. The van der Waals surface area contributed by atoms with Crippen LogP contribution in [0, 0.1) is 0 Å². The number of alkyl halides is 5. The van der Waals surface area contributed by atoms with Gasteiger partial charge in [-0.15, -0.1) is 0 Å². The summed E-state index contributed by atoms with van der Waals surface area (Å²) in [4.78, 5) is 10.7. The second-order valence-electron chi connectivity index (χ2n) is 2.56. The predicted molar refractivity (Wildman–Crippen MR) is 46.3 cm³/mol. The van der Waals surface area contributed by atoms with Crippen LogP contribution in [0.3, 0.4) is 0 Å². The molecule has 0 aromatic heterocycles. The highest BCUT2D eigenvalue weighted by atomic mass is 35.5. The Bertz CT molecular complexity index is 248. The average Bonchev–Trinajstić information content (AvgIpc) is 1.97. The van der Waals surface area contributed by atoms with Crippen molar-refractivity contribution >= 4 is 29.2 Å². The highest BCUT2D eigenvalue weighted by Crippen LogP contribution is 2.40. The van der Waals surface area contributed by atoms with Crippen LogP contribution in [-0.2, 0) is 9.53 Å². The summed E-state index contributed by atoms with van der Waals surface area (Å²) in [5.41, 5.74) is -0.0885. The highest BCUT2D eigenvalue weighted by Gasteiger charge is 2.53. The van der Waals surface area contributed by atoms with Crippen LogP contribution in [0.1, 0.15) is 6.92 Å². The lowest BCUT2D eigenvalue weighted by Crippen LogP contribution is -2.39. The van der Waals surface area contributed by atoms with Crippen LogP contribution in [0.2, 0.25) is 0 Å². The fourth-order valence-electron chi connectivity index (χ4n) is 0.361. The molecule has 0 aliphatic rings. The lowest BCUT2D eigenvalue weighted by atomic mass is 10.3. The summed E-state index contributed by atoms with van der Waals surface area (Å²) in [7, 11) is 0. The Hall–Kier alpha value is -0.420. The van der Waals surface area contributed by atoms with Gasteiger partial charge >= 0.3 is 16.5 Å². The SMILES string of the molecule is C=C(C)C(=O)OCC(F)(F)C(F)(Cl)Cl. The highest BCUT2D eigenvalue weighted by molar-refractivity contribution is 6.47. The summed E-state index contributed by atoms with van der Waals surface area (Å²) in [6.07, 6.45) is 0. The number of carbonyl (C=O) groups excluding carboxylic acids is 1. The molecular formula is C7H7Cl2F3O2. The Morgan fingerprint density at radius 2 is 1.86 bits per heavy atom. The fraction of sp³-hybridized carbons (Fsp3) is 0.571. The maximum Gasteiger partial charge on any atom is 0.342 e. The summed E-state index contributed by atoms with van der Waals surface area (Å²) in [6.45, 7) is 2.85. The van der Waals surface area contributed by atoms with Crippen molar-refractivity contribution in [3.63, 3.8) is 0 Å². The van der Waals surface area contributed by atoms with Crippen molar-refractivity contribution in [1.82, 2.24) is 0 Å². The minimum Gasteiger partial charge on any atom is -0.456 e. The van der Waals surface area contributed by atoms with Crippen molar-refractivity contribution in [2.45, 2.75) is 17.4 Å². The molecule has 0 N–H and O–H groups in total. The van der Waals surface area contributed by atoms with E-state index in [2.05, 4.69) is 34.5 Å². The van der Waals surface area contributed by atoms with Crippen LogP contribution in [0.25, 0.3) is 0 Å². The number of hydrogen-bond acceptors (Lipinski definition) is 2. The standard InChI is InChI=1S/C7H7Cl2F3O2/c1-4(2)5(13)14-3-6(10,11)7(8,9)12/h1,3H2,2H3. The quantitative estimate of drug-likeness (QED) is 0.436. The maximum atomic E-state index is 12.6. The zero-order valence-corrected chi connectivity index (χ0v) is 8.63. The first-order valence-corrected chi connectivity index (χ1v) is 4.10. The van der Waals surface area contributed by atoms with Gasteiger partial charge in [-0.1, -0.05) is 29.8 Å². The minimum atomic E-state index is -4.17. The van der Waals surface area contributed by atoms with Gasteiger partial charge in [0.05, 0.1) is 0 Å². The van der Waals surface area contributed by atoms with Crippen LogP contribution >= 0.6 is 23.2 Å². The Labute approximate surface area is 88.6 Å². The van der Waals surface area contributed by atoms with Gasteiger partial charge in [-0.05, 0) is 6.92 Å². The minimum absolute atomic E-state index is 0.0885. The van der Waals surface area contributed by atoms with E-state index < -0.39 is 23.1 Å². The maximum absolute atomic E-state index is 12.6. The fourth-order valence-corrected chi connectivity index (χ4v) is 0.470. The first kappa shape index (κ1) is 13.6. The molecule has 0 aromatic rings. The lowest BCUT2D eigenvalue weighted by Gasteiger charge is -2.21. The van der Waals surface area contributed by atoms with Crippen LogP contribution in [-0.4, -0.2) is 23.1 Å². The second-order valence-corrected chi connectivity index (χ2v) is 3.79. The van der Waals surface area contributed by atoms with Gasteiger partial charge in [-0.25, -0.2) is 9.18 Å². The molecule has 0 atom stereocenters. The Balaban J connectivity index is 4.27. The van der Waals surface area contributed by atoms with E-state index >= 15 is 0 Å². The average molecular weight is 251 g/mol. The van der Waals surface area contributed by atoms with Gasteiger partial charge < -0.3 is 4.74 Å². The van der Waals surface area contributed by atoms with Crippen molar-refractivity contribution in [3.8, 4) is 0 Å². The number of ether oxygens (including phenoxy) is 1. The first-order chi connectivity index (χ1) is 6.08. The third-order valence-corrected chi connectivity index (χ3v) is 1.70. The van der Waals surface area contributed by atoms with Crippen LogP contribution < -0.4 is 0 Å². The topological polar surface area (TPSA) is 26.3 Å². The summed E-state index contributed by atoms with van der Waals surface area (Å²) in [6, 6.07) is 0. The molecule has 0 saturated heterocycles. The molecular weight excluding hydrogens is 244 g/mol. The molecule has 0 aliphatic heterocycles. The second kappa shape index (κ2) is 4.40. The Morgan fingerprint density at radius 1 is 1.43 bits per heavy atom. The van der Waals surface area contributed by atoms with E-state index in [0.29, 0.717) is 0 Å². The molecule has 7 heteroatoms. The van der Waals surface area contributed by atoms with E-state index in [1.54, 1.807) is 0 Å². The van der Waals surface area contributed by atoms with Gasteiger partial charge in [0.2, 0.25) is 0 Å². The van der Waals surface area contributed by atoms with Gasteiger partial charge in [0.25, 0.3) is 0 Å². The van der Waals surface area contributed by atoms with Crippen molar-refractivity contribution in [2.24, 2.45) is 0 Å². The zero-order chi connectivity index (χ0) is 11.6. The molecule has 0 aliphatic carbocycles. The first-order valence-electron chi connectivity index (χ1n) is 3.35. The Kier molecular flexibility index (Phi) is 4.27. The molecule has 0 spiro atoms. The molecule has 82 valence electrons. The summed E-state index contributed by atoms with van der Waals surface area (Å²) >= 11 is 9.05. The molecule has 0 bridgehead atoms. The third kappa shape index (κ3) is 3.75. The molecule has 2 nitrogen and oxygen atoms in total. The van der Waals surface area contributed by atoms with Gasteiger partial charge in [0, 0.05) is 5.57 Å². The lowest BCUT2D eigenvalue weighted by molar-refractivity contribution is -0.157. The zero-order valence-electron chi connectivity index (χ0n) is 7.12. The van der Waals surface area contributed by atoms with E-state index in [9.17, 15) is 18.0 Å². The van der Waals surface area contributed by atoms with Crippen LogP contribution in [0.5, 0.6) is 0 Å². The van der Waals surface area contributed by atoms with Gasteiger partial charge in [0.15, 0.2) is 6.61 Å². The van der Waals surface area contributed by atoms with Crippen molar-refractivity contribution < 1.29 is 22.7 Å². The van der Waals surface area contributed by atoms with E-state index in [4.69, 9.17) is 0 Å². The van der Waals surface area contributed by atoms with E-state index in [1.165, 1.54) is 6.92 Å².